The van der Waals surface area contributed by atoms with Crippen molar-refractivity contribution in [2.24, 2.45) is 0 Å². The highest BCUT2D eigenvalue weighted by Gasteiger charge is 2.17. The fourth-order valence-corrected chi connectivity index (χ4v) is 4.72. The quantitative estimate of drug-likeness (QED) is 0.137. The Hall–Kier alpha value is -5.19. The zero-order chi connectivity index (χ0) is 29.5. The molecule has 0 fully saturated rings. The summed E-state index contributed by atoms with van der Waals surface area (Å²) in [5, 5.41) is 36.5. The molecule has 0 bridgehead atoms. The molecule has 0 aliphatic carbocycles. The summed E-state index contributed by atoms with van der Waals surface area (Å²) in [6.45, 7) is 0.939. The molecule has 0 saturated carbocycles. The van der Waals surface area contributed by atoms with Crippen LogP contribution in [0.25, 0.3) is 10.9 Å². The Morgan fingerprint density at radius 2 is 1.76 bits per heavy atom. The van der Waals surface area contributed by atoms with Crippen molar-refractivity contribution in [2.75, 3.05) is 6.54 Å². The second-order valence-electron chi connectivity index (χ2n) is 9.74. The first kappa shape index (κ1) is 28.3. The van der Waals surface area contributed by atoms with E-state index < -0.39 is 18.2 Å². The number of carboxylic acid groups (broad SMARTS) is 1. The number of aromatic hydroxyl groups is 1. The molecule has 5 aromatic rings. The number of nitrogens with one attached hydrogen (secondary N) is 3. The molecule has 2 aromatic heterocycles. The zero-order valence-electron chi connectivity index (χ0n) is 22.5. The van der Waals surface area contributed by atoms with Crippen molar-refractivity contribution in [3.8, 4) is 11.5 Å². The Kier molecular flexibility index (Phi) is 8.76. The molecule has 0 aliphatic rings. The number of ether oxygens (including phenoxy) is 1. The number of hydrogen-bond donors (Lipinski definition) is 6. The van der Waals surface area contributed by atoms with Crippen LogP contribution in [0.5, 0.6) is 11.5 Å². The van der Waals surface area contributed by atoms with Crippen LogP contribution in [0.2, 0.25) is 0 Å². The SMILES string of the molecule is O=C(O)NC(c1ccccc1)c1cccc(OCc2ccc(CNC[C@@H](O)c3ccc(O)c4[nH]c(=O)ccc34)nc2)c1. The average molecular weight is 567 g/mol. The number of nitrogens with zero attached hydrogens (tertiary/aromatic N) is 1. The summed E-state index contributed by atoms with van der Waals surface area (Å²) in [7, 11) is 0. The Bertz CT molecular complexity index is 1720. The summed E-state index contributed by atoms with van der Waals surface area (Å²) in [5.74, 6) is 0.547. The Labute approximate surface area is 241 Å². The van der Waals surface area contributed by atoms with E-state index in [0.717, 1.165) is 22.4 Å². The molecule has 5 rings (SSSR count). The monoisotopic (exact) mass is 566 g/mol. The third kappa shape index (κ3) is 6.92. The van der Waals surface area contributed by atoms with E-state index in [9.17, 15) is 24.9 Å². The van der Waals surface area contributed by atoms with E-state index >= 15 is 0 Å². The lowest BCUT2D eigenvalue weighted by molar-refractivity contribution is 0.175. The van der Waals surface area contributed by atoms with Gasteiger partial charge in [-0.3, -0.25) is 9.78 Å². The van der Waals surface area contributed by atoms with Gasteiger partial charge < -0.3 is 35.7 Å². The van der Waals surface area contributed by atoms with Crippen molar-refractivity contribution in [1.29, 1.82) is 0 Å². The molecular weight excluding hydrogens is 536 g/mol. The first-order valence-electron chi connectivity index (χ1n) is 13.3. The lowest BCUT2D eigenvalue weighted by atomic mass is 9.98. The largest absolute Gasteiger partial charge is 0.506 e. The number of aromatic amines is 1. The Balaban J connectivity index is 1.16. The fourth-order valence-electron chi connectivity index (χ4n) is 4.72. The number of hydrogen-bond acceptors (Lipinski definition) is 7. The van der Waals surface area contributed by atoms with Gasteiger partial charge in [0.05, 0.1) is 23.4 Å². The molecule has 2 atom stereocenters. The Morgan fingerprint density at radius 3 is 2.52 bits per heavy atom. The van der Waals surface area contributed by atoms with Crippen LogP contribution in [0, 0.1) is 0 Å². The molecule has 1 unspecified atom stereocenters. The number of amides is 1. The summed E-state index contributed by atoms with van der Waals surface area (Å²) >= 11 is 0. The molecule has 10 nitrogen and oxygen atoms in total. The van der Waals surface area contributed by atoms with Gasteiger partial charge in [-0.15, -0.1) is 0 Å². The van der Waals surface area contributed by atoms with Gasteiger partial charge in [0.2, 0.25) is 5.56 Å². The minimum Gasteiger partial charge on any atom is -0.506 e. The molecule has 0 saturated heterocycles. The van der Waals surface area contributed by atoms with Gasteiger partial charge in [0.15, 0.2) is 0 Å². The number of phenolic OH excluding ortho intramolecular Hbond substituents is 1. The fraction of sp³-hybridized carbons (Fsp3) is 0.156. The highest BCUT2D eigenvalue weighted by Crippen LogP contribution is 2.29. The third-order valence-corrected chi connectivity index (χ3v) is 6.79. The maximum Gasteiger partial charge on any atom is 0.405 e. The van der Waals surface area contributed by atoms with E-state index in [1.807, 2.05) is 66.7 Å². The number of H-pyrrole nitrogens is 1. The number of fused-ring (bicyclic) bond motifs is 1. The second-order valence-corrected chi connectivity index (χ2v) is 9.74. The van der Waals surface area contributed by atoms with E-state index in [0.29, 0.717) is 23.2 Å². The van der Waals surface area contributed by atoms with Crippen molar-refractivity contribution in [2.45, 2.75) is 25.3 Å². The number of carbonyl (C=O) groups is 1. The van der Waals surface area contributed by atoms with E-state index in [2.05, 4.69) is 20.6 Å². The number of aliphatic hydroxyl groups excluding tert-OH is 1. The van der Waals surface area contributed by atoms with Gasteiger partial charge >= 0.3 is 6.09 Å². The summed E-state index contributed by atoms with van der Waals surface area (Å²) in [4.78, 5) is 30.1. The van der Waals surface area contributed by atoms with Crippen molar-refractivity contribution >= 4 is 17.0 Å². The smallest absolute Gasteiger partial charge is 0.405 e. The zero-order valence-corrected chi connectivity index (χ0v) is 22.5. The van der Waals surface area contributed by atoms with E-state index in [4.69, 9.17) is 4.74 Å². The predicted octanol–water partition coefficient (Wildman–Crippen LogP) is 4.39. The van der Waals surface area contributed by atoms with Crippen LogP contribution < -0.4 is 20.9 Å². The lowest BCUT2D eigenvalue weighted by Crippen LogP contribution is -2.27. The minimum absolute atomic E-state index is 0.0563. The number of aromatic nitrogens is 2. The molecule has 0 spiro atoms. The first-order valence-corrected chi connectivity index (χ1v) is 13.3. The lowest BCUT2D eigenvalue weighted by Gasteiger charge is -2.19. The van der Waals surface area contributed by atoms with E-state index in [1.165, 1.54) is 12.1 Å². The number of benzene rings is 3. The second kappa shape index (κ2) is 13.0. The van der Waals surface area contributed by atoms with Crippen LogP contribution >= 0.6 is 0 Å². The predicted molar refractivity (Wildman–Crippen MR) is 157 cm³/mol. The minimum atomic E-state index is -1.11. The van der Waals surface area contributed by atoms with Gasteiger partial charge in [-0.2, -0.15) is 0 Å². The third-order valence-electron chi connectivity index (χ3n) is 6.79. The molecular formula is C32H30N4O6. The maximum atomic E-state index is 11.6. The van der Waals surface area contributed by atoms with Gasteiger partial charge in [0.25, 0.3) is 0 Å². The topological polar surface area (TPSA) is 157 Å². The summed E-state index contributed by atoms with van der Waals surface area (Å²) in [6.07, 6.45) is -0.258. The first-order chi connectivity index (χ1) is 20.4. The Morgan fingerprint density at radius 1 is 0.952 bits per heavy atom. The summed E-state index contributed by atoms with van der Waals surface area (Å²) < 4.78 is 5.97. The molecule has 214 valence electrons. The number of rotatable bonds is 11. The number of pyridine rings is 2. The molecule has 3 aromatic carbocycles. The van der Waals surface area contributed by atoms with Crippen LogP contribution in [0.4, 0.5) is 4.79 Å². The maximum absolute atomic E-state index is 11.6. The van der Waals surface area contributed by atoms with Crippen molar-refractivity contribution < 1.29 is 24.9 Å². The van der Waals surface area contributed by atoms with Gasteiger partial charge in [0.1, 0.15) is 18.1 Å². The number of phenols is 1. The van der Waals surface area contributed by atoms with Crippen molar-refractivity contribution in [3.05, 3.63) is 135 Å². The van der Waals surface area contributed by atoms with Crippen LogP contribution in [-0.4, -0.2) is 37.9 Å². The van der Waals surface area contributed by atoms with Crippen molar-refractivity contribution in [1.82, 2.24) is 20.6 Å². The van der Waals surface area contributed by atoms with Crippen LogP contribution in [0.1, 0.15) is 40.1 Å². The molecule has 1 amide bonds. The summed E-state index contributed by atoms with van der Waals surface area (Å²) in [5.41, 5.74) is 3.77. The molecule has 10 heteroatoms. The molecule has 0 aliphatic heterocycles. The van der Waals surface area contributed by atoms with Gasteiger partial charge in [-0.05, 0) is 47.0 Å². The highest BCUT2D eigenvalue weighted by molar-refractivity contribution is 5.87. The van der Waals surface area contributed by atoms with Crippen molar-refractivity contribution in [3.63, 3.8) is 0 Å². The average Bonchev–Trinajstić information content (AvgIpc) is 3.00. The molecule has 0 radical (unpaired) electrons. The highest BCUT2D eigenvalue weighted by atomic mass is 16.5. The van der Waals surface area contributed by atoms with Crippen LogP contribution in [0.15, 0.2) is 102 Å². The van der Waals surface area contributed by atoms with Crippen LogP contribution in [0.3, 0.4) is 0 Å². The van der Waals surface area contributed by atoms with E-state index in [-0.39, 0.29) is 30.0 Å². The summed E-state index contributed by atoms with van der Waals surface area (Å²) in [6, 6.07) is 25.9. The van der Waals surface area contributed by atoms with Crippen LogP contribution in [-0.2, 0) is 13.2 Å². The van der Waals surface area contributed by atoms with Gasteiger partial charge in [-0.25, -0.2) is 4.79 Å². The van der Waals surface area contributed by atoms with Gasteiger partial charge in [-0.1, -0.05) is 54.6 Å². The molecule has 2 heterocycles. The normalized spacial score (nSPS) is 12.5. The molecule has 42 heavy (non-hydrogen) atoms. The molecule has 6 N–H and O–H groups in total. The van der Waals surface area contributed by atoms with Gasteiger partial charge in [0, 0.05) is 36.3 Å². The standard InChI is InChI=1S/C32H30N4O6/c37-27-13-11-25(26-12-14-29(39)35-31(26)27)28(38)18-33-17-23-10-9-20(16-34-23)19-42-24-8-4-7-22(15-24)30(36-32(40)41)21-5-2-1-3-6-21/h1-16,28,30,33,36-38H,17-19H2,(H,35,39)(H,40,41)/t28-,30?/m1/s1. The number of aliphatic hydroxyl groups is 1. The van der Waals surface area contributed by atoms with E-state index in [1.54, 1.807) is 18.3 Å².